The normalized spacial score (nSPS) is 11.8. The minimum atomic E-state index is -3.53. The van der Waals surface area contributed by atoms with E-state index in [1.165, 1.54) is 38.4 Å². The number of aromatic nitrogens is 2. The third-order valence-corrected chi connectivity index (χ3v) is 5.78. The molecule has 2 aromatic heterocycles. The summed E-state index contributed by atoms with van der Waals surface area (Å²) in [5.41, 5.74) is 2.77. The first-order valence-electron chi connectivity index (χ1n) is 7.92. The highest BCUT2D eigenvalue weighted by Crippen LogP contribution is 2.15. The Labute approximate surface area is 151 Å². The van der Waals surface area contributed by atoms with E-state index >= 15 is 0 Å². The van der Waals surface area contributed by atoms with Crippen LogP contribution in [0.2, 0.25) is 0 Å². The number of hydrogen-bond donors (Lipinski definition) is 0. The highest BCUT2D eigenvalue weighted by molar-refractivity contribution is 7.89. The second kappa shape index (κ2) is 6.89. The number of fused-ring (bicyclic) bond motifs is 1. The Kier molecular flexibility index (Phi) is 4.80. The van der Waals surface area contributed by atoms with E-state index in [2.05, 4.69) is 4.98 Å². The molecule has 3 rings (SSSR count). The Morgan fingerprint density at radius 1 is 1.19 bits per heavy atom. The van der Waals surface area contributed by atoms with Crippen LogP contribution in [0, 0.1) is 6.92 Å². The topological polar surface area (TPSA) is 81.0 Å². The van der Waals surface area contributed by atoms with Crippen molar-refractivity contribution in [2.75, 3.05) is 14.1 Å². The van der Waals surface area contributed by atoms with E-state index in [0.29, 0.717) is 5.69 Å². The standard InChI is InChI=1S/C18H19N3O4S/c1-13-5-4-10-21-11-15(19-17(13)21)12-25-18(22)14-6-8-16(9-7-14)26(23,24)20(2)3/h4-11H,12H2,1-3H3. The number of ether oxygens (including phenoxy) is 1. The summed E-state index contributed by atoms with van der Waals surface area (Å²) >= 11 is 0. The van der Waals surface area contributed by atoms with Gasteiger partial charge in [0.2, 0.25) is 10.0 Å². The molecule has 1 aromatic carbocycles. The van der Waals surface area contributed by atoms with Gasteiger partial charge in [0, 0.05) is 26.5 Å². The fourth-order valence-electron chi connectivity index (χ4n) is 2.47. The minimum Gasteiger partial charge on any atom is -0.456 e. The van der Waals surface area contributed by atoms with Crippen LogP contribution in [0.15, 0.2) is 53.7 Å². The fraction of sp³-hybridized carbons (Fsp3) is 0.222. The van der Waals surface area contributed by atoms with Crippen molar-refractivity contribution in [2.45, 2.75) is 18.4 Å². The van der Waals surface area contributed by atoms with Crippen LogP contribution < -0.4 is 0 Å². The zero-order chi connectivity index (χ0) is 18.9. The maximum Gasteiger partial charge on any atom is 0.338 e. The van der Waals surface area contributed by atoms with Crippen molar-refractivity contribution in [1.29, 1.82) is 0 Å². The van der Waals surface area contributed by atoms with Crippen LogP contribution in [-0.2, 0) is 21.4 Å². The van der Waals surface area contributed by atoms with Crippen LogP contribution in [0.25, 0.3) is 5.65 Å². The molecule has 0 saturated heterocycles. The maximum atomic E-state index is 12.2. The number of rotatable bonds is 5. The van der Waals surface area contributed by atoms with E-state index in [9.17, 15) is 13.2 Å². The first-order chi connectivity index (χ1) is 12.3. The maximum absolute atomic E-state index is 12.2. The zero-order valence-corrected chi connectivity index (χ0v) is 15.5. The Balaban J connectivity index is 1.71. The van der Waals surface area contributed by atoms with E-state index in [1.54, 1.807) is 0 Å². The average Bonchev–Trinajstić information content (AvgIpc) is 3.04. The van der Waals surface area contributed by atoms with Gasteiger partial charge in [-0.15, -0.1) is 0 Å². The number of benzene rings is 1. The van der Waals surface area contributed by atoms with Crippen molar-refractivity contribution >= 4 is 21.6 Å². The molecule has 0 aliphatic heterocycles. The Morgan fingerprint density at radius 2 is 1.88 bits per heavy atom. The summed E-state index contributed by atoms with van der Waals surface area (Å²) in [7, 11) is -0.620. The lowest BCUT2D eigenvalue weighted by atomic mass is 10.2. The van der Waals surface area contributed by atoms with Gasteiger partial charge >= 0.3 is 5.97 Å². The van der Waals surface area contributed by atoms with Gasteiger partial charge in [-0.3, -0.25) is 0 Å². The van der Waals surface area contributed by atoms with Gasteiger partial charge in [-0.1, -0.05) is 6.07 Å². The van der Waals surface area contributed by atoms with Crippen LogP contribution in [0.1, 0.15) is 21.6 Å². The molecule has 2 heterocycles. The average molecular weight is 373 g/mol. The lowest BCUT2D eigenvalue weighted by Gasteiger charge is -2.11. The SMILES string of the molecule is Cc1cccn2cc(COC(=O)c3ccc(S(=O)(=O)N(C)C)cc3)nc12. The monoisotopic (exact) mass is 373 g/mol. The van der Waals surface area contributed by atoms with Gasteiger partial charge in [-0.05, 0) is 42.8 Å². The van der Waals surface area contributed by atoms with Crippen LogP contribution in [0.5, 0.6) is 0 Å². The number of carbonyl (C=O) groups is 1. The molecule has 0 saturated carbocycles. The van der Waals surface area contributed by atoms with Crippen LogP contribution in [-0.4, -0.2) is 42.2 Å². The van der Waals surface area contributed by atoms with Gasteiger partial charge in [-0.25, -0.2) is 22.5 Å². The number of pyridine rings is 1. The zero-order valence-electron chi connectivity index (χ0n) is 14.7. The number of carbonyl (C=O) groups excluding carboxylic acids is 1. The molecule has 136 valence electrons. The predicted octanol–water partition coefficient (Wildman–Crippen LogP) is 2.25. The number of nitrogens with zero attached hydrogens (tertiary/aromatic N) is 3. The van der Waals surface area contributed by atoms with Gasteiger partial charge in [0.15, 0.2) is 0 Å². The van der Waals surface area contributed by atoms with Crippen molar-refractivity contribution in [3.63, 3.8) is 0 Å². The van der Waals surface area contributed by atoms with Gasteiger partial charge in [0.25, 0.3) is 0 Å². The number of hydrogen-bond acceptors (Lipinski definition) is 5. The fourth-order valence-corrected chi connectivity index (χ4v) is 3.37. The van der Waals surface area contributed by atoms with E-state index in [0.717, 1.165) is 15.5 Å². The number of imidazole rings is 1. The van der Waals surface area contributed by atoms with Gasteiger partial charge in [0.1, 0.15) is 12.3 Å². The van der Waals surface area contributed by atoms with Crippen molar-refractivity contribution in [2.24, 2.45) is 0 Å². The number of aryl methyl sites for hydroxylation is 1. The quantitative estimate of drug-likeness (QED) is 0.641. The molecular formula is C18H19N3O4S. The molecule has 26 heavy (non-hydrogen) atoms. The summed E-state index contributed by atoms with van der Waals surface area (Å²) in [6.45, 7) is 2.00. The van der Waals surface area contributed by atoms with Crippen molar-refractivity contribution < 1.29 is 17.9 Å². The summed E-state index contributed by atoms with van der Waals surface area (Å²) in [4.78, 5) is 16.7. The summed E-state index contributed by atoms with van der Waals surface area (Å²) in [6.07, 6.45) is 3.69. The van der Waals surface area contributed by atoms with E-state index in [4.69, 9.17) is 4.74 Å². The van der Waals surface area contributed by atoms with Crippen LogP contribution in [0.3, 0.4) is 0 Å². The molecule has 0 aliphatic rings. The Hall–Kier alpha value is -2.71. The predicted molar refractivity (Wildman–Crippen MR) is 96.4 cm³/mol. The van der Waals surface area contributed by atoms with Gasteiger partial charge in [-0.2, -0.15) is 0 Å². The Bertz CT molecular complexity index is 1050. The summed E-state index contributed by atoms with van der Waals surface area (Å²) in [5, 5.41) is 0. The molecule has 8 heteroatoms. The van der Waals surface area contributed by atoms with E-state index in [-0.39, 0.29) is 17.1 Å². The third kappa shape index (κ3) is 3.47. The molecule has 0 fully saturated rings. The number of sulfonamides is 1. The third-order valence-electron chi connectivity index (χ3n) is 3.95. The van der Waals surface area contributed by atoms with E-state index < -0.39 is 16.0 Å². The molecule has 0 amide bonds. The highest BCUT2D eigenvalue weighted by Gasteiger charge is 2.18. The molecule has 0 atom stereocenters. The van der Waals surface area contributed by atoms with E-state index in [1.807, 2.05) is 35.9 Å². The lowest BCUT2D eigenvalue weighted by molar-refractivity contribution is 0.0468. The molecule has 0 bridgehead atoms. The smallest absolute Gasteiger partial charge is 0.338 e. The molecule has 0 radical (unpaired) electrons. The molecule has 0 unspecified atom stereocenters. The molecule has 0 spiro atoms. The second-order valence-electron chi connectivity index (χ2n) is 6.04. The van der Waals surface area contributed by atoms with Gasteiger partial charge < -0.3 is 9.14 Å². The van der Waals surface area contributed by atoms with Gasteiger partial charge in [0.05, 0.1) is 16.2 Å². The summed E-state index contributed by atoms with van der Waals surface area (Å²) < 4.78 is 32.3. The molecule has 7 nitrogen and oxygen atoms in total. The first kappa shape index (κ1) is 18.1. The van der Waals surface area contributed by atoms with Crippen molar-refractivity contribution in [1.82, 2.24) is 13.7 Å². The largest absolute Gasteiger partial charge is 0.456 e. The highest BCUT2D eigenvalue weighted by atomic mass is 32.2. The van der Waals surface area contributed by atoms with Crippen molar-refractivity contribution in [3.8, 4) is 0 Å². The second-order valence-corrected chi connectivity index (χ2v) is 8.19. The Morgan fingerprint density at radius 3 is 2.50 bits per heavy atom. The first-order valence-corrected chi connectivity index (χ1v) is 9.36. The number of esters is 1. The van der Waals surface area contributed by atoms with Crippen LogP contribution >= 0.6 is 0 Å². The van der Waals surface area contributed by atoms with Crippen molar-refractivity contribution in [3.05, 3.63) is 65.6 Å². The summed E-state index contributed by atoms with van der Waals surface area (Å²) in [6, 6.07) is 9.53. The minimum absolute atomic E-state index is 0.0394. The van der Waals surface area contributed by atoms with Crippen LogP contribution in [0.4, 0.5) is 0 Å². The molecular weight excluding hydrogens is 354 g/mol. The lowest BCUT2D eigenvalue weighted by Crippen LogP contribution is -2.22. The molecule has 3 aromatic rings. The molecule has 0 N–H and O–H groups in total. The summed E-state index contributed by atoms with van der Waals surface area (Å²) in [5.74, 6) is -0.535. The molecule has 0 aliphatic carbocycles.